The molecule has 0 bridgehead atoms. The van der Waals surface area contributed by atoms with Crippen LogP contribution in [0.15, 0.2) is 35.0 Å². The second kappa shape index (κ2) is 3.29. The molecule has 70 valence electrons. The van der Waals surface area contributed by atoms with E-state index < -0.39 is 0 Å². The Hall–Kier alpha value is -2.17. The van der Waals surface area contributed by atoms with E-state index in [2.05, 4.69) is 14.9 Å². The third-order valence-corrected chi connectivity index (χ3v) is 1.76. The Kier molecular flexibility index (Phi) is 1.98. The van der Waals surface area contributed by atoms with Crippen LogP contribution in [0.4, 0.5) is 5.82 Å². The van der Waals surface area contributed by atoms with Crippen LogP contribution in [0.5, 0.6) is 0 Å². The molecule has 2 N–H and O–H groups in total. The van der Waals surface area contributed by atoms with Crippen LogP contribution >= 0.6 is 0 Å². The molecule has 0 radical (unpaired) electrons. The van der Waals surface area contributed by atoms with E-state index in [0.29, 0.717) is 5.56 Å². The molecule has 5 heteroatoms. The van der Waals surface area contributed by atoms with E-state index >= 15 is 0 Å². The predicted octanol–water partition coefficient (Wildman–Crippen LogP) is 0.883. The molecule has 0 saturated heterocycles. The van der Waals surface area contributed by atoms with Gasteiger partial charge >= 0.3 is 0 Å². The van der Waals surface area contributed by atoms with Crippen molar-refractivity contribution >= 4 is 11.6 Å². The van der Waals surface area contributed by atoms with Crippen LogP contribution in [0.2, 0.25) is 0 Å². The zero-order chi connectivity index (χ0) is 9.97. The minimum Gasteiger partial charge on any atom is -0.379 e. The topological polar surface area (TPSA) is 82.0 Å². The van der Waals surface area contributed by atoms with Gasteiger partial charge in [-0.2, -0.15) is 0 Å². The average molecular weight is 189 g/mol. The molecule has 0 aliphatic carbocycles. The molecule has 0 amide bonds. The normalized spacial score (nSPS) is 10.0. The second-order valence-electron chi connectivity index (χ2n) is 2.69. The first-order valence-corrected chi connectivity index (χ1v) is 3.97. The van der Waals surface area contributed by atoms with Gasteiger partial charge in [-0.05, 0) is 10.3 Å². The molecule has 0 atom stereocenters. The van der Waals surface area contributed by atoms with Crippen LogP contribution < -0.4 is 5.73 Å². The van der Waals surface area contributed by atoms with Crippen LogP contribution in [0.25, 0.3) is 0 Å². The molecular formula is C9H7N3O2. The van der Waals surface area contributed by atoms with Crippen molar-refractivity contribution in [1.29, 1.82) is 0 Å². The van der Waals surface area contributed by atoms with Gasteiger partial charge in [-0.25, -0.2) is 4.63 Å². The number of benzene rings is 1. The van der Waals surface area contributed by atoms with Crippen molar-refractivity contribution < 1.29 is 9.42 Å². The summed E-state index contributed by atoms with van der Waals surface area (Å²) in [7, 11) is 0. The number of nitrogen functional groups attached to an aromatic ring is 1. The van der Waals surface area contributed by atoms with Crippen molar-refractivity contribution in [2.45, 2.75) is 0 Å². The number of carbonyl (C=O) groups excluding carboxylic acids is 1. The minimum absolute atomic E-state index is 0.0128. The van der Waals surface area contributed by atoms with Gasteiger partial charge in [0.25, 0.3) is 0 Å². The van der Waals surface area contributed by atoms with Crippen LogP contribution in [-0.4, -0.2) is 16.1 Å². The molecule has 1 aromatic heterocycles. The Balaban J connectivity index is 2.39. The minimum atomic E-state index is -0.288. The lowest BCUT2D eigenvalue weighted by Crippen LogP contribution is -2.04. The van der Waals surface area contributed by atoms with Gasteiger partial charge in [-0.3, -0.25) is 4.79 Å². The standard InChI is InChI=1S/C9H7N3O2/c10-9-7(11-14-12-9)8(13)6-4-2-1-3-5-6/h1-5H,(H2,10,12). The van der Waals surface area contributed by atoms with E-state index in [1.165, 1.54) is 0 Å². The molecule has 5 nitrogen and oxygen atoms in total. The number of anilines is 1. The van der Waals surface area contributed by atoms with E-state index in [0.717, 1.165) is 0 Å². The first-order chi connectivity index (χ1) is 6.79. The zero-order valence-corrected chi connectivity index (χ0v) is 7.18. The largest absolute Gasteiger partial charge is 0.379 e. The van der Waals surface area contributed by atoms with Crippen molar-refractivity contribution in [3.05, 3.63) is 41.6 Å². The van der Waals surface area contributed by atoms with Crippen molar-refractivity contribution in [3.8, 4) is 0 Å². The van der Waals surface area contributed by atoms with E-state index in [1.54, 1.807) is 24.3 Å². The SMILES string of the molecule is Nc1nonc1C(=O)c1ccccc1. The Morgan fingerprint density at radius 2 is 1.93 bits per heavy atom. The van der Waals surface area contributed by atoms with Gasteiger partial charge in [0.05, 0.1) is 0 Å². The lowest BCUT2D eigenvalue weighted by atomic mass is 10.1. The summed E-state index contributed by atoms with van der Waals surface area (Å²) in [6.07, 6.45) is 0. The summed E-state index contributed by atoms with van der Waals surface area (Å²) < 4.78 is 4.34. The zero-order valence-electron chi connectivity index (χ0n) is 7.18. The summed E-state index contributed by atoms with van der Waals surface area (Å²) in [5.74, 6) is -0.275. The van der Waals surface area contributed by atoms with E-state index in [-0.39, 0.29) is 17.3 Å². The molecule has 2 aromatic rings. The summed E-state index contributed by atoms with van der Waals surface area (Å²) in [4.78, 5) is 11.7. The first kappa shape index (κ1) is 8.43. The molecule has 1 heterocycles. The van der Waals surface area contributed by atoms with Crippen LogP contribution in [0, 0.1) is 0 Å². The number of aromatic nitrogens is 2. The highest BCUT2D eigenvalue weighted by Crippen LogP contribution is 2.11. The molecule has 0 aliphatic heterocycles. The van der Waals surface area contributed by atoms with Crippen molar-refractivity contribution in [3.63, 3.8) is 0 Å². The second-order valence-corrected chi connectivity index (χ2v) is 2.69. The number of ketones is 1. The fourth-order valence-corrected chi connectivity index (χ4v) is 1.08. The van der Waals surface area contributed by atoms with Crippen molar-refractivity contribution in [2.24, 2.45) is 0 Å². The number of hydrogen-bond donors (Lipinski definition) is 1. The molecular weight excluding hydrogens is 182 g/mol. The molecule has 1 aromatic carbocycles. The lowest BCUT2D eigenvalue weighted by molar-refractivity contribution is 0.103. The average Bonchev–Trinajstić information content (AvgIpc) is 2.65. The van der Waals surface area contributed by atoms with Crippen LogP contribution in [0.3, 0.4) is 0 Å². The third kappa shape index (κ3) is 1.35. The van der Waals surface area contributed by atoms with Gasteiger partial charge in [-0.15, -0.1) is 0 Å². The van der Waals surface area contributed by atoms with Gasteiger partial charge < -0.3 is 5.73 Å². The maximum absolute atomic E-state index is 11.7. The number of rotatable bonds is 2. The Morgan fingerprint density at radius 1 is 1.21 bits per heavy atom. The molecule has 14 heavy (non-hydrogen) atoms. The molecule has 2 rings (SSSR count). The molecule has 0 unspecified atom stereocenters. The van der Waals surface area contributed by atoms with Gasteiger partial charge in [0.2, 0.25) is 5.78 Å². The fourth-order valence-electron chi connectivity index (χ4n) is 1.08. The fraction of sp³-hybridized carbons (Fsp3) is 0. The molecule has 0 aliphatic rings. The van der Waals surface area contributed by atoms with Gasteiger partial charge in [0.1, 0.15) is 0 Å². The van der Waals surface area contributed by atoms with Gasteiger partial charge in [-0.1, -0.05) is 30.3 Å². The first-order valence-electron chi connectivity index (χ1n) is 3.97. The lowest BCUT2D eigenvalue weighted by Gasteiger charge is -1.94. The van der Waals surface area contributed by atoms with E-state index in [4.69, 9.17) is 5.73 Å². The number of nitrogens with zero attached hydrogens (tertiary/aromatic N) is 2. The van der Waals surface area contributed by atoms with Gasteiger partial charge in [0.15, 0.2) is 11.5 Å². The summed E-state index contributed by atoms with van der Waals surface area (Å²) >= 11 is 0. The maximum Gasteiger partial charge on any atom is 0.218 e. The number of carbonyl (C=O) groups is 1. The predicted molar refractivity (Wildman–Crippen MR) is 48.6 cm³/mol. The number of hydrogen-bond acceptors (Lipinski definition) is 5. The smallest absolute Gasteiger partial charge is 0.218 e. The quantitative estimate of drug-likeness (QED) is 0.709. The van der Waals surface area contributed by atoms with Crippen molar-refractivity contribution in [1.82, 2.24) is 10.3 Å². The summed E-state index contributed by atoms with van der Waals surface area (Å²) in [5, 5.41) is 6.77. The van der Waals surface area contributed by atoms with Crippen molar-refractivity contribution in [2.75, 3.05) is 5.73 Å². The van der Waals surface area contributed by atoms with Gasteiger partial charge in [0, 0.05) is 5.56 Å². The van der Waals surface area contributed by atoms with E-state index in [9.17, 15) is 4.79 Å². The highest BCUT2D eigenvalue weighted by atomic mass is 16.6. The summed E-state index contributed by atoms with van der Waals surface area (Å²) in [5.41, 5.74) is 5.95. The monoisotopic (exact) mass is 189 g/mol. The Labute approximate surface area is 79.5 Å². The molecule has 0 spiro atoms. The third-order valence-electron chi connectivity index (χ3n) is 1.76. The van der Waals surface area contributed by atoms with E-state index in [1.807, 2.05) is 6.07 Å². The summed E-state index contributed by atoms with van der Waals surface area (Å²) in [6, 6.07) is 8.70. The van der Waals surface area contributed by atoms with Crippen LogP contribution in [0.1, 0.15) is 16.1 Å². The van der Waals surface area contributed by atoms with Crippen LogP contribution in [-0.2, 0) is 0 Å². The highest BCUT2D eigenvalue weighted by molar-refractivity contribution is 6.09. The number of nitrogens with two attached hydrogens (primary N) is 1. The molecule has 0 fully saturated rings. The highest BCUT2D eigenvalue weighted by Gasteiger charge is 2.17. The summed E-state index contributed by atoms with van der Waals surface area (Å²) in [6.45, 7) is 0. The Bertz CT molecular complexity index is 450. The maximum atomic E-state index is 11.7. The molecule has 0 saturated carbocycles. The Morgan fingerprint density at radius 3 is 2.50 bits per heavy atom.